The van der Waals surface area contributed by atoms with Gasteiger partial charge in [0.25, 0.3) is 5.91 Å². The Morgan fingerprint density at radius 1 is 1.44 bits per heavy atom. The first-order valence-electron chi connectivity index (χ1n) is 5.90. The number of aryl methyl sites for hydroxylation is 1. The van der Waals surface area contributed by atoms with Crippen LogP contribution < -0.4 is 10.6 Å². The Morgan fingerprint density at radius 3 is 2.78 bits per heavy atom. The molecule has 0 bridgehead atoms. The summed E-state index contributed by atoms with van der Waals surface area (Å²) in [5.41, 5.74) is 1.68. The van der Waals surface area contributed by atoms with E-state index in [4.69, 9.17) is 12.2 Å². The van der Waals surface area contributed by atoms with Gasteiger partial charge in [0.1, 0.15) is 0 Å². The molecule has 5 heteroatoms. The van der Waals surface area contributed by atoms with Gasteiger partial charge in [-0.1, -0.05) is 35.3 Å². The average Bonchev–Trinajstić information content (AvgIpc) is 2.33. The monoisotopic (exact) mass is 328 g/mol. The maximum atomic E-state index is 11.9. The summed E-state index contributed by atoms with van der Waals surface area (Å²) in [5, 5.41) is 6.04. The Bertz CT molecular complexity index is 449. The second-order valence-corrected chi connectivity index (χ2v) is 5.29. The third kappa shape index (κ3) is 4.74. The zero-order valence-electron chi connectivity index (χ0n) is 10.5. The fraction of sp³-hybridized carbons (Fsp3) is 0.385. The summed E-state index contributed by atoms with van der Waals surface area (Å²) in [5.74, 6) is -0.190. The fourth-order valence-electron chi connectivity index (χ4n) is 1.33. The Balaban J connectivity index is 2.54. The first-order valence-corrected chi connectivity index (χ1v) is 7.10. The van der Waals surface area contributed by atoms with E-state index >= 15 is 0 Å². The summed E-state index contributed by atoms with van der Waals surface area (Å²) in [6.45, 7) is 4.86. The minimum Gasteiger partial charge on any atom is -0.362 e. The largest absolute Gasteiger partial charge is 0.362 e. The minimum absolute atomic E-state index is 0.190. The molecule has 0 saturated carbocycles. The van der Waals surface area contributed by atoms with Crippen LogP contribution in [-0.2, 0) is 0 Å². The SMILES string of the molecule is CCCCNC(=S)NC(=O)c1ccc(C)c(Br)c1. The molecular weight excluding hydrogens is 312 g/mol. The van der Waals surface area contributed by atoms with Crippen LogP contribution >= 0.6 is 28.1 Å². The molecule has 0 aliphatic carbocycles. The molecule has 0 spiro atoms. The van der Waals surface area contributed by atoms with Crippen LogP contribution in [0.1, 0.15) is 35.7 Å². The van der Waals surface area contributed by atoms with Gasteiger partial charge in [-0.3, -0.25) is 10.1 Å². The number of rotatable bonds is 4. The Morgan fingerprint density at radius 2 is 2.17 bits per heavy atom. The van der Waals surface area contributed by atoms with E-state index in [0.717, 1.165) is 29.4 Å². The molecule has 3 nitrogen and oxygen atoms in total. The van der Waals surface area contributed by atoms with Crippen molar-refractivity contribution in [1.82, 2.24) is 10.6 Å². The zero-order valence-corrected chi connectivity index (χ0v) is 13.0. The predicted molar refractivity (Wildman–Crippen MR) is 81.9 cm³/mol. The number of unbranched alkanes of at least 4 members (excludes halogenated alkanes) is 1. The minimum atomic E-state index is -0.190. The highest BCUT2D eigenvalue weighted by molar-refractivity contribution is 9.10. The van der Waals surface area contributed by atoms with Gasteiger partial charge in [0, 0.05) is 16.6 Å². The maximum Gasteiger partial charge on any atom is 0.257 e. The molecule has 0 aliphatic rings. The van der Waals surface area contributed by atoms with E-state index in [2.05, 4.69) is 33.5 Å². The predicted octanol–water partition coefficient (Wildman–Crippen LogP) is 3.16. The molecule has 0 fully saturated rings. The van der Waals surface area contributed by atoms with E-state index in [0.29, 0.717) is 10.7 Å². The maximum absolute atomic E-state index is 11.9. The third-order valence-corrected chi connectivity index (χ3v) is 3.58. The number of hydrogen-bond acceptors (Lipinski definition) is 2. The van der Waals surface area contributed by atoms with Crippen LogP contribution in [0.25, 0.3) is 0 Å². The van der Waals surface area contributed by atoms with Gasteiger partial charge < -0.3 is 5.32 Å². The van der Waals surface area contributed by atoms with E-state index in [1.807, 2.05) is 13.0 Å². The van der Waals surface area contributed by atoms with Crippen molar-refractivity contribution in [3.8, 4) is 0 Å². The van der Waals surface area contributed by atoms with Crippen molar-refractivity contribution < 1.29 is 4.79 Å². The molecule has 1 rings (SSSR count). The van der Waals surface area contributed by atoms with Crippen LogP contribution in [0.3, 0.4) is 0 Å². The molecule has 1 amide bonds. The molecule has 0 radical (unpaired) electrons. The molecule has 2 N–H and O–H groups in total. The van der Waals surface area contributed by atoms with Crippen molar-refractivity contribution >= 4 is 39.2 Å². The number of nitrogens with one attached hydrogen (secondary N) is 2. The quantitative estimate of drug-likeness (QED) is 0.659. The van der Waals surface area contributed by atoms with Crippen molar-refractivity contribution in [2.45, 2.75) is 26.7 Å². The van der Waals surface area contributed by atoms with Crippen LogP contribution in [0.2, 0.25) is 0 Å². The highest BCUT2D eigenvalue weighted by Crippen LogP contribution is 2.17. The molecule has 0 heterocycles. The van der Waals surface area contributed by atoms with E-state index in [-0.39, 0.29) is 5.91 Å². The lowest BCUT2D eigenvalue weighted by Crippen LogP contribution is -2.39. The van der Waals surface area contributed by atoms with Gasteiger partial charge in [-0.2, -0.15) is 0 Å². The van der Waals surface area contributed by atoms with Gasteiger partial charge in [0.2, 0.25) is 0 Å². The van der Waals surface area contributed by atoms with Crippen LogP contribution in [0, 0.1) is 6.92 Å². The van der Waals surface area contributed by atoms with Crippen LogP contribution in [0.15, 0.2) is 22.7 Å². The molecule has 0 aromatic heterocycles. The van der Waals surface area contributed by atoms with Gasteiger partial charge in [0.15, 0.2) is 5.11 Å². The molecule has 1 aromatic carbocycles. The van der Waals surface area contributed by atoms with Crippen molar-refractivity contribution in [2.75, 3.05) is 6.54 Å². The summed E-state index contributed by atoms with van der Waals surface area (Å²) in [4.78, 5) is 11.9. The number of hydrogen-bond donors (Lipinski definition) is 2. The summed E-state index contributed by atoms with van der Waals surface area (Å²) in [6, 6.07) is 5.47. The topological polar surface area (TPSA) is 41.1 Å². The van der Waals surface area contributed by atoms with Crippen molar-refractivity contribution in [2.24, 2.45) is 0 Å². The number of benzene rings is 1. The highest BCUT2D eigenvalue weighted by atomic mass is 79.9. The number of amides is 1. The summed E-state index contributed by atoms with van der Waals surface area (Å²) < 4.78 is 0.917. The van der Waals surface area contributed by atoms with E-state index in [1.54, 1.807) is 12.1 Å². The lowest BCUT2D eigenvalue weighted by molar-refractivity contribution is 0.0976. The summed E-state index contributed by atoms with van der Waals surface area (Å²) >= 11 is 8.45. The Labute approximate surface area is 121 Å². The first kappa shape index (κ1) is 15.1. The molecular formula is C13H17BrN2OS. The van der Waals surface area contributed by atoms with Gasteiger partial charge in [0.05, 0.1) is 0 Å². The van der Waals surface area contributed by atoms with Crippen LogP contribution in [-0.4, -0.2) is 17.6 Å². The lowest BCUT2D eigenvalue weighted by Gasteiger charge is -2.09. The molecule has 18 heavy (non-hydrogen) atoms. The van der Waals surface area contributed by atoms with E-state index in [9.17, 15) is 4.79 Å². The average molecular weight is 329 g/mol. The van der Waals surface area contributed by atoms with Crippen molar-refractivity contribution in [1.29, 1.82) is 0 Å². The van der Waals surface area contributed by atoms with Gasteiger partial charge in [-0.25, -0.2) is 0 Å². The highest BCUT2D eigenvalue weighted by Gasteiger charge is 2.08. The Kier molecular flexibility index (Phi) is 6.29. The third-order valence-electron chi connectivity index (χ3n) is 2.48. The molecule has 98 valence electrons. The molecule has 0 saturated heterocycles. The van der Waals surface area contributed by atoms with Gasteiger partial charge >= 0.3 is 0 Å². The standard InChI is InChI=1S/C13H17BrN2OS/c1-3-4-7-15-13(18)16-12(17)10-6-5-9(2)11(14)8-10/h5-6,8H,3-4,7H2,1-2H3,(H2,15,16,17,18). The molecule has 0 aliphatic heterocycles. The molecule has 1 aromatic rings. The summed E-state index contributed by atoms with van der Waals surface area (Å²) in [7, 11) is 0. The van der Waals surface area contributed by atoms with Crippen LogP contribution in [0.5, 0.6) is 0 Å². The van der Waals surface area contributed by atoms with Gasteiger partial charge in [-0.15, -0.1) is 0 Å². The second-order valence-electron chi connectivity index (χ2n) is 4.03. The van der Waals surface area contributed by atoms with Crippen molar-refractivity contribution in [3.63, 3.8) is 0 Å². The van der Waals surface area contributed by atoms with Crippen LogP contribution in [0.4, 0.5) is 0 Å². The van der Waals surface area contributed by atoms with E-state index < -0.39 is 0 Å². The van der Waals surface area contributed by atoms with Gasteiger partial charge in [-0.05, 0) is 43.3 Å². The molecule has 0 atom stereocenters. The Hall–Kier alpha value is -0.940. The molecule has 0 unspecified atom stereocenters. The summed E-state index contributed by atoms with van der Waals surface area (Å²) in [6.07, 6.45) is 2.13. The smallest absolute Gasteiger partial charge is 0.257 e. The second kappa shape index (κ2) is 7.48. The number of halogens is 1. The first-order chi connectivity index (χ1) is 8.54. The zero-order chi connectivity index (χ0) is 13.5. The number of carbonyl (C=O) groups excluding carboxylic acids is 1. The number of thiocarbonyl (C=S) groups is 1. The number of carbonyl (C=O) groups is 1. The lowest BCUT2D eigenvalue weighted by atomic mass is 10.1. The normalized spacial score (nSPS) is 9.94. The fourth-order valence-corrected chi connectivity index (χ4v) is 1.91. The van der Waals surface area contributed by atoms with Crippen molar-refractivity contribution in [3.05, 3.63) is 33.8 Å². The van der Waals surface area contributed by atoms with E-state index in [1.165, 1.54) is 0 Å².